The Kier molecular flexibility index (Phi) is 2.80. The van der Waals surface area contributed by atoms with Gasteiger partial charge in [-0.1, -0.05) is 0 Å². The molecule has 1 rings (SSSR count). The van der Waals surface area contributed by atoms with Crippen molar-refractivity contribution in [1.82, 2.24) is 9.55 Å². The molecule has 1 aromatic heterocycles. The highest BCUT2D eigenvalue weighted by molar-refractivity contribution is 9.10. The highest BCUT2D eigenvalue weighted by Crippen LogP contribution is 2.12. The number of hydrogen-bond acceptors (Lipinski definition) is 2. The summed E-state index contributed by atoms with van der Waals surface area (Å²) in [5.74, 6) is 0.986. The van der Waals surface area contributed by atoms with E-state index < -0.39 is 0 Å². The molecule has 0 aliphatic rings. The lowest BCUT2D eigenvalue weighted by atomic mass is 10.6. The van der Waals surface area contributed by atoms with Crippen molar-refractivity contribution >= 4 is 27.7 Å². The minimum atomic E-state index is 0.900. The van der Waals surface area contributed by atoms with Crippen molar-refractivity contribution in [2.24, 2.45) is 7.05 Å². The summed E-state index contributed by atoms with van der Waals surface area (Å²) >= 11 is 5.11. The molecule has 0 amide bonds. The van der Waals surface area contributed by atoms with Gasteiger partial charge in [0, 0.05) is 19.0 Å². The van der Waals surface area contributed by atoms with Gasteiger partial charge in [0.25, 0.3) is 0 Å². The Bertz CT molecular complexity index is 202. The lowest BCUT2D eigenvalue weighted by Crippen LogP contribution is -1.82. The minimum Gasteiger partial charge on any atom is -0.328 e. The van der Waals surface area contributed by atoms with Crippen LogP contribution >= 0.6 is 27.7 Å². The highest BCUT2D eigenvalue weighted by Gasteiger charge is 1.99. The molecule has 0 N–H and O–H groups in total. The van der Waals surface area contributed by atoms with Gasteiger partial charge >= 0.3 is 0 Å². The smallest absolute Gasteiger partial charge is 0.177 e. The highest BCUT2D eigenvalue weighted by atomic mass is 79.9. The van der Waals surface area contributed by atoms with E-state index in [9.17, 15) is 0 Å². The van der Waals surface area contributed by atoms with Gasteiger partial charge in [0.05, 0.1) is 5.69 Å². The van der Waals surface area contributed by atoms with Crippen LogP contribution in [0, 0.1) is 0 Å². The van der Waals surface area contributed by atoms with Crippen LogP contribution in [0.25, 0.3) is 0 Å². The average Bonchev–Trinajstić information content (AvgIpc) is 2.14. The number of aryl methyl sites for hydroxylation is 1. The number of aromatic nitrogens is 2. The molecular weight excluding hydrogens is 212 g/mol. The summed E-state index contributed by atoms with van der Waals surface area (Å²) in [6.45, 7) is 0. The standard InChI is InChI=1S/C6H9BrN2S/c1-9-3-5(4-10-2)8-6(9)7/h3H,4H2,1-2H3. The predicted molar refractivity (Wildman–Crippen MR) is 48.1 cm³/mol. The Morgan fingerprint density at radius 1 is 1.80 bits per heavy atom. The number of halogens is 1. The zero-order chi connectivity index (χ0) is 7.56. The van der Waals surface area contributed by atoms with Crippen molar-refractivity contribution < 1.29 is 0 Å². The molecule has 10 heavy (non-hydrogen) atoms. The van der Waals surface area contributed by atoms with Gasteiger partial charge in [0.1, 0.15) is 0 Å². The molecule has 4 heteroatoms. The lowest BCUT2D eigenvalue weighted by Gasteiger charge is -1.86. The predicted octanol–water partition coefficient (Wildman–Crippen LogP) is 2.05. The largest absolute Gasteiger partial charge is 0.328 e. The fraction of sp³-hybridized carbons (Fsp3) is 0.500. The summed E-state index contributed by atoms with van der Waals surface area (Å²) in [7, 11) is 1.97. The van der Waals surface area contributed by atoms with E-state index in [1.807, 2.05) is 17.8 Å². The molecule has 1 aromatic rings. The van der Waals surface area contributed by atoms with E-state index in [-0.39, 0.29) is 0 Å². The molecule has 0 bridgehead atoms. The van der Waals surface area contributed by atoms with E-state index in [0.717, 1.165) is 16.2 Å². The minimum absolute atomic E-state index is 0.900. The van der Waals surface area contributed by atoms with Crippen LogP contribution in [0.15, 0.2) is 10.9 Å². The van der Waals surface area contributed by atoms with Crippen LogP contribution in [-0.2, 0) is 12.8 Å². The topological polar surface area (TPSA) is 17.8 Å². The Labute approximate surface area is 73.2 Å². The van der Waals surface area contributed by atoms with Gasteiger partial charge in [-0.15, -0.1) is 0 Å². The summed E-state index contributed by atoms with van der Waals surface area (Å²) < 4.78 is 2.86. The van der Waals surface area contributed by atoms with E-state index in [0.29, 0.717) is 0 Å². The molecule has 2 nitrogen and oxygen atoms in total. The molecule has 56 valence electrons. The van der Waals surface area contributed by atoms with E-state index in [4.69, 9.17) is 0 Å². The Balaban J connectivity index is 2.77. The Hall–Kier alpha value is 0.0400. The molecule has 0 saturated heterocycles. The van der Waals surface area contributed by atoms with Crippen LogP contribution < -0.4 is 0 Å². The van der Waals surface area contributed by atoms with Crippen molar-refractivity contribution in [3.63, 3.8) is 0 Å². The van der Waals surface area contributed by atoms with Gasteiger partial charge in [0.15, 0.2) is 4.73 Å². The maximum Gasteiger partial charge on any atom is 0.177 e. The van der Waals surface area contributed by atoms with Gasteiger partial charge in [-0.3, -0.25) is 0 Å². The van der Waals surface area contributed by atoms with Crippen molar-refractivity contribution in [3.8, 4) is 0 Å². The van der Waals surface area contributed by atoms with Crippen molar-refractivity contribution in [2.45, 2.75) is 5.75 Å². The fourth-order valence-electron chi connectivity index (χ4n) is 0.720. The normalized spacial score (nSPS) is 10.3. The van der Waals surface area contributed by atoms with Crippen LogP contribution in [0.3, 0.4) is 0 Å². The number of imidazole rings is 1. The number of hydrogen-bond donors (Lipinski definition) is 0. The van der Waals surface area contributed by atoms with Gasteiger partial charge in [0.2, 0.25) is 0 Å². The molecule has 0 radical (unpaired) electrons. The molecule has 0 saturated carbocycles. The third-order valence-electron chi connectivity index (χ3n) is 1.16. The van der Waals surface area contributed by atoms with Crippen molar-refractivity contribution in [2.75, 3.05) is 6.26 Å². The zero-order valence-electron chi connectivity index (χ0n) is 5.97. The average molecular weight is 221 g/mol. The SMILES string of the molecule is CSCc1cn(C)c(Br)n1. The second kappa shape index (κ2) is 3.44. The van der Waals surface area contributed by atoms with E-state index in [2.05, 4.69) is 27.2 Å². The van der Waals surface area contributed by atoms with Crippen LogP contribution in [0.2, 0.25) is 0 Å². The summed E-state index contributed by atoms with van der Waals surface area (Å²) in [5, 5.41) is 0. The second-order valence-corrected chi connectivity index (χ2v) is 3.62. The van der Waals surface area contributed by atoms with Crippen molar-refractivity contribution in [3.05, 3.63) is 16.6 Å². The first-order valence-electron chi connectivity index (χ1n) is 2.90. The zero-order valence-corrected chi connectivity index (χ0v) is 8.37. The second-order valence-electron chi connectivity index (χ2n) is 2.05. The van der Waals surface area contributed by atoms with E-state index in [1.54, 1.807) is 11.8 Å². The molecule has 0 atom stereocenters. The summed E-state index contributed by atoms with van der Waals surface area (Å²) in [6.07, 6.45) is 4.10. The molecular formula is C6H9BrN2S. The van der Waals surface area contributed by atoms with Crippen LogP contribution in [0.1, 0.15) is 5.69 Å². The molecule has 0 aliphatic heterocycles. The third kappa shape index (κ3) is 1.76. The molecule has 0 aliphatic carbocycles. The summed E-state index contributed by atoms with van der Waals surface area (Å²) in [4.78, 5) is 4.26. The molecule has 0 fully saturated rings. The van der Waals surface area contributed by atoms with Gasteiger partial charge in [-0.2, -0.15) is 11.8 Å². The maximum atomic E-state index is 4.26. The first-order valence-corrected chi connectivity index (χ1v) is 5.09. The van der Waals surface area contributed by atoms with Crippen LogP contribution in [0.4, 0.5) is 0 Å². The first-order chi connectivity index (χ1) is 4.74. The van der Waals surface area contributed by atoms with Crippen molar-refractivity contribution in [1.29, 1.82) is 0 Å². The monoisotopic (exact) mass is 220 g/mol. The Morgan fingerprint density at radius 2 is 2.50 bits per heavy atom. The maximum absolute atomic E-state index is 4.26. The molecule has 0 spiro atoms. The number of thioether (sulfide) groups is 1. The van der Waals surface area contributed by atoms with E-state index in [1.165, 1.54) is 0 Å². The van der Waals surface area contributed by atoms with Gasteiger partial charge in [-0.25, -0.2) is 4.98 Å². The molecule has 1 heterocycles. The quantitative estimate of drug-likeness (QED) is 0.760. The lowest BCUT2D eigenvalue weighted by molar-refractivity contribution is 0.881. The summed E-state index contributed by atoms with van der Waals surface area (Å²) in [5.41, 5.74) is 1.13. The van der Waals surface area contributed by atoms with Crippen LogP contribution in [-0.4, -0.2) is 15.8 Å². The van der Waals surface area contributed by atoms with Crippen LogP contribution in [0.5, 0.6) is 0 Å². The third-order valence-corrected chi connectivity index (χ3v) is 2.48. The molecule has 0 aromatic carbocycles. The van der Waals surface area contributed by atoms with E-state index >= 15 is 0 Å². The Morgan fingerprint density at radius 3 is 2.90 bits per heavy atom. The van der Waals surface area contributed by atoms with Gasteiger partial charge < -0.3 is 4.57 Å². The van der Waals surface area contributed by atoms with Gasteiger partial charge in [-0.05, 0) is 22.2 Å². The number of nitrogens with zero attached hydrogens (tertiary/aromatic N) is 2. The summed E-state index contributed by atoms with van der Waals surface area (Å²) in [6, 6.07) is 0. The number of rotatable bonds is 2. The fourth-order valence-corrected chi connectivity index (χ4v) is 1.49. The molecule has 0 unspecified atom stereocenters. The first kappa shape index (κ1) is 8.14.